The van der Waals surface area contributed by atoms with Crippen LogP contribution in [0.5, 0.6) is 0 Å². The second-order valence-electron chi connectivity index (χ2n) is 5.79. The maximum atomic E-state index is 11.8. The van der Waals surface area contributed by atoms with Gasteiger partial charge in [-0.3, -0.25) is 5.32 Å². The molecule has 1 aromatic heterocycles. The summed E-state index contributed by atoms with van der Waals surface area (Å²) in [5.41, 5.74) is -0.308. The van der Waals surface area contributed by atoms with Crippen LogP contribution in [0.25, 0.3) is 0 Å². The van der Waals surface area contributed by atoms with Gasteiger partial charge in [0.1, 0.15) is 11.4 Å². The standard InChI is InChI=1S/C13H21N3O4/c1-7(2)16-10(8(3)9(15-16)11(17)18)14-12(19)20-13(4,5)6/h7H,1-6H3,(H,14,19)(H,17,18). The fourth-order valence-corrected chi connectivity index (χ4v) is 1.64. The lowest BCUT2D eigenvalue weighted by Gasteiger charge is -2.20. The van der Waals surface area contributed by atoms with Gasteiger partial charge in [-0.25, -0.2) is 14.3 Å². The summed E-state index contributed by atoms with van der Waals surface area (Å²) in [6, 6.07) is -0.0910. The Balaban J connectivity index is 3.10. The van der Waals surface area contributed by atoms with Gasteiger partial charge in [0.2, 0.25) is 0 Å². The van der Waals surface area contributed by atoms with Crippen molar-refractivity contribution < 1.29 is 19.4 Å². The molecule has 112 valence electrons. The van der Waals surface area contributed by atoms with Gasteiger partial charge >= 0.3 is 12.1 Å². The van der Waals surface area contributed by atoms with Crippen LogP contribution in [-0.4, -0.2) is 32.6 Å². The Morgan fingerprint density at radius 1 is 1.35 bits per heavy atom. The van der Waals surface area contributed by atoms with Gasteiger partial charge in [0, 0.05) is 11.6 Å². The number of carboxylic acids is 1. The third kappa shape index (κ3) is 3.72. The molecule has 7 heteroatoms. The van der Waals surface area contributed by atoms with Crippen LogP contribution in [0, 0.1) is 6.92 Å². The molecule has 0 bridgehead atoms. The zero-order chi connectivity index (χ0) is 15.7. The molecule has 0 aliphatic heterocycles. The average molecular weight is 283 g/mol. The van der Waals surface area contributed by atoms with Crippen LogP contribution in [-0.2, 0) is 4.74 Å². The monoisotopic (exact) mass is 283 g/mol. The number of carbonyl (C=O) groups excluding carboxylic acids is 1. The van der Waals surface area contributed by atoms with Gasteiger partial charge in [0.25, 0.3) is 0 Å². The molecular weight excluding hydrogens is 262 g/mol. The Morgan fingerprint density at radius 2 is 1.90 bits per heavy atom. The Bertz CT molecular complexity index is 526. The molecule has 0 atom stereocenters. The molecule has 1 rings (SSSR count). The zero-order valence-electron chi connectivity index (χ0n) is 12.6. The van der Waals surface area contributed by atoms with Crippen LogP contribution in [0.1, 0.15) is 56.7 Å². The second-order valence-corrected chi connectivity index (χ2v) is 5.79. The van der Waals surface area contributed by atoms with E-state index in [4.69, 9.17) is 9.84 Å². The maximum Gasteiger partial charge on any atom is 0.413 e. The largest absolute Gasteiger partial charge is 0.476 e. The third-order valence-corrected chi connectivity index (χ3v) is 2.46. The number of carboxylic acid groups (broad SMARTS) is 1. The molecular formula is C13H21N3O4. The number of nitrogens with one attached hydrogen (secondary N) is 1. The lowest BCUT2D eigenvalue weighted by molar-refractivity contribution is 0.0632. The minimum Gasteiger partial charge on any atom is -0.476 e. The normalized spacial score (nSPS) is 11.6. The first-order valence-corrected chi connectivity index (χ1v) is 6.35. The van der Waals surface area contributed by atoms with E-state index in [9.17, 15) is 9.59 Å². The van der Waals surface area contributed by atoms with E-state index >= 15 is 0 Å². The number of aromatic carboxylic acids is 1. The Morgan fingerprint density at radius 3 is 2.30 bits per heavy atom. The minimum absolute atomic E-state index is 0.0789. The van der Waals surface area contributed by atoms with E-state index in [1.165, 1.54) is 4.68 Å². The van der Waals surface area contributed by atoms with Crippen molar-refractivity contribution in [1.82, 2.24) is 9.78 Å². The van der Waals surface area contributed by atoms with E-state index in [2.05, 4.69) is 10.4 Å². The molecule has 20 heavy (non-hydrogen) atoms. The third-order valence-electron chi connectivity index (χ3n) is 2.46. The fourth-order valence-electron chi connectivity index (χ4n) is 1.64. The van der Waals surface area contributed by atoms with Gasteiger partial charge in [-0.05, 0) is 41.5 Å². The lowest BCUT2D eigenvalue weighted by Crippen LogP contribution is -2.28. The van der Waals surface area contributed by atoms with Gasteiger partial charge in [-0.2, -0.15) is 5.10 Å². The summed E-state index contributed by atoms with van der Waals surface area (Å²) < 4.78 is 6.62. The van der Waals surface area contributed by atoms with Crippen molar-refractivity contribution in [2.45, 2.75) is 53.2 Å². The molecule has 1 amide bonds. The number of amides is 1. The van der Waals surface area contributed by atoms with Gasteiger partial charge in [-0.1, -0.05) is 0 Å². The molecule has 1 heterocycles. The minimum atomic E-state index is -1.13. The quantitative estimate of drug-likeness (QED) is 0.889. The molecule has 0 fully saturated rings. The van der Waals surface area contributed by atoms with Gasteiger partial charge in [-0.15, -0.1) is 0 Å². The van der Waals surface area contributed by atoms with Gasteiger partial charge in [0.05, 0.1) is 0 Å². The maximum absolute atomic E-state index is 11.8. The molecule has 0 saturated heterocycles. The number of hydrogen-bond acceptors (Lipinski definition) is 4. The fraction of sp³-hybridized carbons (Fsp3) is 0.615. The van der Waals surface area contributed by atoms with Crippen LogP contribution in [0.2, 0.25) is 0 Å². The highest BCUT2D eigenvalue weighted by molar-refractivity contribution is 5.92. The van der Waals surface area contributed by atoms with Crippen molar-refractivity contribution >= 4 is 17.9 Å². The van der Waals surface area contributed by atoms with Crippen molar-refractivity contribution in [2.24, 2.45) is 0 Å². The van der Waals surface area contributed by atoms with Crippen LogP contribution in [0.4, 0.5) is 10.6 Å². The van der Waals surface area contributed by atoms with Crippen LogP contribution in [0.3, 0.4) is 0 Å². The molecule has 7 nitrogen and oxygen atoms in total. The topological polar surface area (TPSA) is 93.5 Å². The number of hydrogen-bond donors (Lipinski definition) is 2. The number of aromatic nitrogens is 2. The van der Waals surface area contributed by atoms with E-state index in [1.807, 2.05) is 13.8 Å². The number of nitrogens with zero attached hydrogens (tertiary/aromatic N) is 2. The first-order chi connectivity index (χ1) is 9.03. The molecule has 0 aliphatic rings. The van der Waals surface area contributed by atoms with E-state index in [0.717, 1.165) is 0 Å². The highest BCUT2D eigenvalue weighted by Crippen LogP contribution is 2.23. The summed E-state index contributed by atoms with van der Waals surface area (Å²) in [5, 5.41) is 15.7. The molecule has 0 spiro atoms. The van der Waals surface area contributed by atoms with Crippen LogP contribution >= 0.6 is 0 Å². The van der Waals surface area contributed by atoms with E-state index in [1.54, 1.807) is 27.7 Å². The van der Waals surface area contributed by atoms with Crippen LogP contribution in [0.15, 0.2) is 0 Å². The molecule has 0 aliphatic carbocycles. The summed E-state index contributed by atoms with van der Waals surface area (Å²) in [4.78, 5) is 22.9. The molecule has 1 aromatic rings. The number of rotatable bonds is 3. The Labute approximate surface area is 117 Å². The Hall–Kier alpha value is -2.05. The molecule has 0 unspecified atom stereocenters. The summed E-state index contributed by atoms with van der Waals surface area (Å²) in [5.74, 6) is -0.791. The second kappa shape index (κ2) is 5.52. The highest BCUT2D eigenvalue weighted by Gasteiger charge is 2.24. The number of ether oxygens (including phenoxy) is 1. The summed E-state index contributed by atoms with van der Waals surface area (Å²) in [6.07, 6.45) is -0.640. The number of carbonyl (C=O) groups is 2. The summed E-state index contributed by atoms with van der Waals surface area (Å²) in [6.45, 7) is 10.5. The SMILES string of the molecule is Cc1c(C(=O)O)nn(C(C)C)c1NC(=O)OC(C)(C)C. The molecule has 0 saturated carbocycles. The van der Waals surface area contributed by atoms with Crippen molar-refractivity contribution in [3.8, 4) is 0 Å². The van der Waals surface area contributed by atoms with E-state index in [-0.39, 0.29) is 11.7 Å². The molecule has 2 N–H and O–H groups in total. The summed E-state index contributed by atoms with van der Waals surface area (Å²) in [7, 11) is 0. The van der Waals surface area contributed by atoms with Gasteiger partial charge < -0.3 is 9.84 Å². The number of anilines is 1. The first-order valence-electron chi connectivity index (χ1n) is 6.35. The van der Waals surface area contributed by atoms with E-state index < -0.39 is 17.7 Å². The van der Waals surface area contributed by atoms with E-state index in [0.29, 0.717) is 11.4 Å². The predicted molar refractivity (Wildman–Crippen MR) is 74.2 cm³/mol. The smallest absolute Gasteiger partial charge is 0.413 e. The summed E-state index contributed by atoms with van der Waals surface area (Å²) >= 11 is 0. The van der Waals surface area contributed by atoms with Crippen molar-refractivity contribution in [2.75, 3.05) is 5.32 Å². The van der Waals surface area contributed by atoms with Crippen LogP contribution < -0.4 is 5.32 Å². The first kappa shape index (κ1) is 16.0. The van der Waals surface area contributed by atoms with Crippen molar-refractivity contribution in [3.05, 3.63) is 11.3 Å². The molecule has 0 radical (unpaired) electrons. The predicted octanol–water partition coefficient (Wildman–Crippen LogP) is 2.82. The zero-order valence-corrected chi connectivity index (χ0v) is 12.6. The van der Waals surface area contributed by atoms with Crippen molar-refractivity contribution in [1.29, 1.82) is 0 Å². The lowest BCUT2D eigenvalue weighted by atomic mass is 10.2. The van der Waals surface area contributed by atoms with Crippen molar-refractivity contribution in [3.63, 3.8) is 0 Å². The Kier molecular flexibility index (Phi) is 4.42. The average Bonchev–Trinajstić information content (AvgIpc) is 2.54. The molecule has 0 aromatic carbocycles. The highest BCUT2D eigenvalue weighted by atomic mass is 16.6. The van der Waals surface area contributed by atoms with Gasteiger partial charge in [0.15, 0.2) is 5.69 Å².